The van der Waals surface area contributed by atoms with Crippen molar-refractivity contribution in [3.63, 3.8) is 0 Å². The van der Waals surface area contributed by atoms with E-state index in [-0.39, 0.29) is 22.7 Å². The maximum Gasteiger partial charge on any atom is 0.269 e. The van der Waals surface area contributed by atoms with Gasteiger partial charge in [-0.1, -0.05) is 17.8 Å². The lowest BCUT2D eigenvalue weighted by Crippen LogP contribution is -2.29. The number of nitro groups is 1. The number of pyridine rings is 1. The van der Waals surface area contributed by atoms with Crippen LogP contribution in [-0.2, 0) is 7.05 Å². The molecule has 2 atom stereocenters. The molecular weight excluding hydrogens is 490 g/mol. The Hall–Kier alpha value is -3.69. The van der Waals surface area contributed by atoms with Crippen molar-refractivity contribution >= 4 is 40.5 Å². The van der Waals surface area contributed by atoms with Crippen LogP contribution in [0.3, 0.4) is 0 Å². The fraction of sp³-hybridized carbons (Fsp3) is 0.185. The second kappa shape index (κ2) is 9.75. The average molecular weight is 516 g/mol. The highest BCUT2D eigenvalue weighted by atomic mass is 32.2. The van der Waals surface area contributed by atoms with Gasteiger partial charge in [0, 0.05) is 52.2 Å². The van der Waals surface area contributed by atoms with Crippen LogP contribution in [-0.4, -0.2) is 19.6 Å². The molecule has 0 radical (unpaired) electrons. The molecule has 1 fully saturated rings. The van der Waals surface area contributed by atoms with Crippen molar-refractivity contribution in [2.45, 2.75) is 35.7 Å². The maximum absolute atomic E-state index is 10.9. The van der Waals surface area contributed by atoms with Crippen molar-refractivity contribution in [2.75, 3.05) is 4.90 Å². The van der Waals surface area contributed by atoms with Crippen molar-refractivity contribution in [3.05, 3.63) is 112 Å². The minimum absolute atomic E-state index is 0.0551. The smallest absolute Gasteiger partial charge is 0.269 e. The van der Waals surface area contributed by atoms with Crippen LogP contribution in [0.2, 0.25) is 0 Å². The van der Waals surface area contributed by atoms with E-state index in [9.17, 15) is 10.1 Å². The molecule has 9 heteroatoms. The van der Waals surface area contributed by atoms with Gasteiger partial charge in [-0.15, -0.1) is 0 Å². The number of thiocarbonyl (C=S) groups is 1. The van der Waals surface area contributed by atoms with Gasteiger partial charge in [-0.3, -0.25) is 15.1 Å². The van der Waals surface area contributed by atoms with E-state index < -0.39 is 0 Å². The molecule has 7 nitrogen and oxygen atoms in total. The van der Waals surface area contributed by atoms with Crippen LogP contribution in [0.4, 0.5) is 11.4 Å². The topological polar surface area (TPSA) is 76.2 Å². The fourth-order valence-electron chi connectivity index (χ4n) is 4.58. The molecule has 0 bridgehead atoms. The number of hydrogen-bond donors (Lipinski definition) is 1. The number of nitro benzene ring substituents is 1. The third-order valence-corrected chi connectivity index (χ3v) is 7.96. The van der Waals surface area contributed by atoms with E-state index in [0.29, 0.717) is 5.11 Å². The van der Waals surface area contributed by atoms with Crippen molar-refractivity contribution in [1.29, 1.82) is 0 Å². The number of hydrogen-bond acceptors (Lipinski definition) is 5. The highest BCUT2D eigenvalue weighted by molar-refractivity contribution is 7.99. The normalized spacial score (nSPS) is 17.3. The van der Waals surface area contributed by atoms with Crippen molar-refractivity contribution in [1.82, 2.24) is 14.9 Å². The zero-order valence-corrected chi connectivity index (χ0v) is 21.7. The average Bonchev–Trinajstić information content (AvgIpc) is 3.36. The first-order valence-corrected chi connectivity index (χ1v) is 12.7. The highest BCUT2D eigenvalue weighted by Gasteiger charge is 2.42. The van der Waals surface area contributed by atoms with E-state index in [2.05, 4.69) is 71.0 Å². The summed E-state index contributed by atoms with van der Waals surface area (Å²) in [5, 5.41) is 15.1. The first kappa shape index (κ1) is 24.0. The molecule has 182 valence electrons. The van der Waals surface area contributed by atoms with E-state index in [1.165, 1.54) is 29.1 Å². The molecule has 0 amide bonds. The fourth-order valence-corrected chi connectivity index (χ4v) is 5.74. The Labute approximate surface area is 219 Å². The molecule has 0 saturated carbocycles. The molecule has 0 aliphatic carbocycles. The van der Waals surface area contributed by atoms with Gasteiger partial charge in [0.05, 0.1) is 22.7 Å². The van der Waals surface area contributed by atoms with Crippen LogP contribution >= 0.6 is 24.0 Å². The summed E-state index contributed by atoms with van der Waals surface area (Å²) in [5.74, 6) is 0. The highest BCUT2D eigenvalue weighted by Crippen LogP contribution is 2.43. The lowest BCUT2D eigenvalue weighted by Gasteiger charge is -2.28. The van der Waals surface area contributed by atoms with Gasteiger partial charge in [0.1, 0.15) is 0 Å². The molecule has 0 spiro atoms. The zero-order chi connectivity index (χ0) is 25.4. The molecule has 0 unspecified atom stereocenters. The van der Waals surface area contributed by atoms with E-state index >= 15 is 0 Å². The van der Waals surface area contributed by atoms with E-state index in [1.807, 2.05) is 24.4 Å². The number of nitrogens with one attached hydrogen (secondary N) is 1. The van der Waals surface area contributed by atoms with Crippen molar-refractivity contribution < 1.29 is 4.92 Å². The number of rotatable bonds is 6. The minimum atomic E-state index is -0.388. The molecular formula is C27H25N5O2S2. The first-order chi connectivity index (χ1) is 17.3. The second-order valence-corrected chi connectivity index (χ2v) is 10.3. The predicted octanol–water partition coefficient (Wildman–Crippen LogP) is 6.27. The standard InChI is InChI=1S/C27H25N5O2S2/c1-17-16-23(18(2)30(17)3)26-25(24-6-4-5-15-28-24)29-27(35)31(26)19-7-11-21(12-8-19)36-22-13-9-20(10-14-22)32(33)34/h4-16,25-26H,1-3H3,(H,29,35)/t25-,26+/m1/s1. The summed E-state index contributed by atoms with van der Waals surface area (Å²) in [6.07, 6.45) is 1.81. The van der Waals surface area contributed by atoms with Crippen LogP contribution in [0.25, 0.3) is 0 Å². The third kappa shape index (κ3) is 4.47. The summed E-state index contributed by atoms with van der Waals surface area (Å²) in [5.41, 5.74) is 5.62. The Kier molecular flexibility index (Phi) is 6.51. The van der Waals surface area contributed by atoms with Gasteiger partial charge < -0.3 is 14.8 Å². The Morgan fingerprint density at radius 2 is 1.69 bits per heavy atom. The molecule has 2 aromatic carbocycles. The van der Waals surface area contributed by atoms with Crippen LogP contribution in [0.15, 0.2) is 88.8 Å². The van der Waals surface area contributed by atoms with E-state index in [4.69, 9.17) is 12.2 Å². The van der Waals surface area contributed by atoms with Gasteiger partial charge >= 0.3 is 0 Å². The summed E-state index contributed by atoms with van der Waals surface area (Å²) in [6.45, 7) is 4.25. The van der Waals surface area contributed by atoms with Crippen LogP contribution < -0.4 is 10.2 Å². The van der Waals surface area contributed by atoms with Gasteiger partial charge in [-0.25, -0.2) is 0 Å². The molecule has 4 aromatic rings. The number of benzene rings is 2. The third-order valence-electron chi connectivity index (χ3n) is 6.63. The van der Waals surface area contributed by atoms with Gasteiger partial charge in [0.2, 0.25) is 0 Å². The summed E-state index contributed by atoms with van der Waals surface area (Å²) in [7, 11) is 2.08. The monoisotopic (exact) mass is 515 g/mol. The lowest BCUT2D eigenvalue weighted by molar-refractivity contribution is -0.384. The van der Waals surface area contributed by atoms with Crippen LogP contribution in [0.5, 0.6) is 0 Å². The van der Waals surface area contributed by atoms with Gasteiger partial charge in [-0.05, 0) is 86.2 Å². The molecule has 1 N–H and O–H groups in total. The van der Waals surface area contributed by atoms with E-state index in [1.54, 1.807) is 23.9 Å². The number of anilines is 1. The lowest BCUT2D eigenvalue weighted by atomic mass is 9.96. The maximum atomic E-state index is 10.9. The van der Waals surface area contributed by atoms with Gasteiger partial charge in [0.25, 0.3) is 5.69 Å². The largest absolute Gasteiger partial charge is 0.352 e. The van der Waals surface area contributed by atoms with Crippen molar-refractivity contribution in [3.8, 4) is 0 Å². The molecule has 1 aliphatic rings. The number of non-ortho nitro benzene ring substituents is 1. The van der Waals surface area contributed by atoms with Crippen LogP contribution in [0, 0.1) is 24.0 Å². The Morgan fingerprint density at radius 1 is 1.03 bits per heavy atom. The number of nitrogens with zero attached hydrogens (tertiary/aromatic N) is 4. The van der Waals surface area contributed by atoms with Crippen LogP contribution in [0.1, 0.15) is 34.7 Å². The molecule has 36 heavy (non-hydrogen) atoms. The summed E-state index contributed by atoms with van der Waals surface area (Å²) < 4.78 is 2.20. The first-order valence-electron chi connectivity index (χ1n) is 11.5. The molecule has 1 aliphatic heterocycles. The summed E-state index contributed by atoms with van der Waals surface area (Å²) in [4.78, 5) is 19.3. The summed E-state index contributed by atoms with van der Waals surface area (Å²) in [6, 6.07) is 22.9. The van der Waals surface area contributed by atoms with Crippen molar-refractivity contribution in [2.24, 2.45) is 7.05 Å². The molecule has 1 saturated heterocycles. The van der Waals surface area contributed by atoms with Gasteiger partial charge in [-0.2, -0.15) is 0 Å². The van der Waals surface area contributed by atoms with Gasteiger partial charge in [0.15, 0.2) is 5.11 Å². The Bertz CT molecular complexity index is 1420. The molecule has 3 heterocycles. The second-order valence-electron chi connectivity index (χ2n) is 8.73. The Morgan fingerprint density at radius 3 is 2.25 bits per heavy atom. The SMILES string of the molecule is Cc1cc([C@H]2[C@@H](c3ccccn3)NC(=S)N2c2ccc(Sc3ccc([N+](=O)[O-])cc3)cc2)c(C)n1C. The molecule has 2 aromatic heterocycles. The predicted molar refractivity (Wildman–Crippen MR) is 146 cm³/mol. The number of aromatic nitrogens is 2. The Balaban J connectivity index is 1.47. The minimum Gasteiger partial charge on any atom is -0.352 e. The molecule has 5 rings (SSSR count). The summed E-state index contributed by atoms with van der Waals surface area (Å²) >= 11 is 7.41. The number of aryl methyl sites for hydroxylation is 1. The quantitative estimate of drug-likeness (QED) is 0.184. The van der Waals surface area contributed by atoms with E-state index in [0.717, 1.165) is 21.2 Å². The zero-order valence-electron chi connectivity index (χ0n) is 20.1.